The molecular formula is C24H32N6O2. The van der Waals surface area contributed by atoms with E-state index in [-0.39, 0.29) is 5.91 Å². The molecule has 0 N–H and O–H groups in total. The summed E-state index contributed by atoms with van der Waals surface area (Å²) in [5, 5.41) is 0. The molecule has 170 valence electrons. The number of ether oxygens (including phenoxy) is 1. The molecule has 1 aliphatic carbocycles. The minimum Gasteiger partial charge on any atom is -0.477 e. The Bertz CT molecular complexity index is 955. The van der Waals surface area contributed by atoms with E-state index in [0.717, 1.165) is 62.3 Å². The van der Waals surface area contributed by atoms with Gasteiger partial charge in [0.2, 0.25) is 11.8 Å². The van der Waals surface area contributed by atoms with Crippen molar-refractivity contribution < 1.29 is 9.53 Å². The molecule has 2 fully saturated rings. The lowest BCUT2D eigenvalue weighted by atomic mass is 9.91. The van der Waals surface area contributed by atoms with Crippen LogP contribution in [0.25, 0.3) is 0 Å². The third-order valence-corrected chi connectivity index (χ3v) is 6.97. The molecule has 2 aromatic rings. The molecule has 4 heterocycles. The van der Waals surface area contributed by atoms with E-state index in [1.807, 2.05) is 18.0 Å². The Kier molecular flexibility index (Phi) is 6.21. The lowest BCUT2D eigenvalue weighted by Gasteiger charge is -2.43. The standard InChI is InChI=1S/C24H32N6O2/c1-2-32-22-20(7-4-10-25-22)23(31)29-11-8-18-17-26-24(27-21(18)9-12-29)30-15-13-28(14-16-30)19-5-3-6-19/h4,7,10,17,19H,2-3,5-6,8-9,11-16H2,1H3. The van der Waals surface area contributed by atoms with Crippen LogP contribution in [0.5, 0.6) is 5.88 Å². The molecular weight excluding hydrogens is 404 g/mol. The maximum atomic E-state index is 13.2. The van der Waals surface area contributed by atoms with E-state index in [2.05, 4.69) is 14.8 Å². The highest BCUT2D eigenvalue weighted by Gasteiger charge is 2.29. The van der Waals surface area contributed by atoms with Gasteiger partial charge in [-0.3, -0.25) is 9.69 Å². The molecule has 3 aliphatic rings. The molecule has 0 bridgehead atoms. The Hall–Kier alpha value is -2.74. The molecule has 8 nitrogen and oxygen atoms in total. The van der Waals surface area contributed by atoms with E-state index in [9.17, 15) is 4.79 Å². The van der Waals surface area contributed by atoms with Crippen molar-refractivity contribution in [3.05, 3.63) is 41.3 Å². The number of hydrogen-bond donors (Lipinski definition) is 0. The minimum absolute atomic E-state index is 0.0327. The number of hydrogen-bond acceptors (Lipinski definition) is 7. The summed E-state index contributed by atoms with van der Waals surface area (Å²) >= 11 is 0. The Morgan fingerprint density at radius 1 is 1.09 bits per heavy atom. The highest BCUT2D eigenvalue weighted by atomic mass is 16.5. The smallest absolute Gasteiger partial charge is 0.259 e. The van der Waals surface area contributed by atoms with Gasteiger partial charge in [0.05, 0.1) is 12.3 Å². The molecule has 2 aromatic heterocycles. The van der Waals surface area contributed by atoms with Gasteiger partial charge in [0.25, 0.3) is 5.91 Å². The molecule has 0 unspecified atom stereocenters. The Labute approximate surface area is 189 Å². The van der Waals surface area contributed by atoms with Crippen molar-refractivity contribution in [2.24, 2.45) is 0 Å². The first kappa shape index (κ1) is 21.1. The van der Waals surface area contributed by atoms with Crippen molar-refractivity contribution >= 4 is 11.9 Å². The normalized spacial score (nSPS) is 19.8. The van der Waals surface area contributed by atoms with Gasteiger partial charge >= 0.3 is 0 Å². The minimum atomic E-state index is -0.0327. The number of carbonyl (C=O) groups excluding carboxylic acids is 1. The topological polar surface area (TPSA) is 74.7 Å². The quantitative estimate of drug-likeness (QED) is 0.711. The van der Waals surface area contributed by atoms with E-state index < -0.39 is 0 Å². The molecule has 1 saturated heterocycles. The SMILES string of the molecule is CCOc1ncccc1C(=O)N1CCc2cnc(N3CCN(C4CCC4)CC3)nc2CC1. The molecule has 0 radical (unpaired) electrons. The molecule has 32 heavy (non-hydrogen) atoms. The summed E-state index contributed by atoms with van der Waals surface area (Å²) in [4.78, 5) is 33.9. The van der Waals surface area contributed by atoms with Gasteiger partial charge in [-0.15, -0.1) is 0 Å². The lowest BCUT2D eigenvalue weighted by Crippen LogP contribution is -2.52. The summed E-state index contributed by atoms with van der Waals surface area (Å²) < 4.78 is 5.57. The second-order valence-electron chi connectivity index (χ2n) is 8.83. The van der Waals surface area contributed by atoms with Crippen molar-refractivity contribution in [2.45, 2.75) is 45.1 Å². The number of carbonyl (C=O) groups is 1. The van der Waals surface area contributed by atoms with Crippen LogP contribution in [-0.2, 0) is 12.8 Å². The number of fused-ring (bicyclic) bond motifs is 1. The van der Waals surface area contributed by atoms with E-state index in [1.54, 1.807) is 18.3 Å². The van der Waals surface area contributed by atoms with Crippen LogP contribution in [0, 0.1) is 0 Å². The molecule has 1 amide bonds. The fourth-order valence-electron chi connectivity index (χ4n) is 4.83. The molecule has 2 aliphatic heterocycles. The zero-order chi connectivity index (χ0) is 21.9. The van der Waals surface area contributed by atoms with E-state index in [1.165, 1.54) is 19.3 Å². The second kappa shape index (κ2) is 9.40. The summed E-state index contributed by atoms with van der Waals surface area (Å²) in [6, 6.07) is 4.38. The highest BCUT2D eigenvalue weighted by Crippen LogP contribution is 2.26. The average molecular weight is 437 g/mol. The van der Waals surface area contributed by atoms with Gasteiger partial charge in [-0.05, 0) is 43.9 Å². The van der Waals surface area contributed by atoms with Gasteiger partial charge in [-0.25, -0.2) is 15.0 Å². The van der Waals surface area contributed by atoms with Crippen molar-refractivity contribution in [3.8, 4) is 5.88 Å². The van der Waals surface area contributed by atoms with Crippen LogP contribution in [0.4, 0.5) is 5.95 Å². The van der Waals surface area contributed by atoms with Gasteiger partial charge < -0.3 is 14.5 Å². The third kappa shape index (κ3) is 4.28. The van der Waals surface area contributed by atoms with Crippen LogP contribution < -0.4 is 9.64 Å². The summed E-state index contributed by atoms with van der Waals surface area (Å²) in [6.45, 7) is 7.84. The van der Waals surface area contributed by atoms with Crippen LogP contribution in [0.2, 0.25) is 0 Å². The maximum absolute atomic E-state index is 13.2. The van der Waals surface area contributed by atoms with Crippen LogP contribution >= 0.6 is 0 Å². The fourth-order valence-corrected chi connectivity index (χ4v) is 4.83. The monoisotopic (exact) mass is 436 g/mol. The lowest BCUT2D eigenvalue weighted by molar-refractivity contribution is 0.0757. The van der Waals surface area contributed by atoms with E-state index in [0.29, 0.717) is 31.1 Å². The molecule has 0 aromatic carbocycles. The van der Waals surface area contributed by atoms with E-state index in [4.69, 9.17) is 14.7 Å². The third-order valence-electron chi connectivity index (χ3n) is 6.97. The summed E-state index contributed by atoms with van der Waals surface area (Å²) in [6.07, 6.45) is 9.23. The molecule has 0 atom stereocenters. The molecule has 5 rings (SSSR count). The first-order valence-electron chi connectivity index (χ1n) is 11.9. The van der Waals surface area contributed by atoms with Gasteiger partial charge in [0, 0.05) is 64.1 Å². The average Bonchev–Trinajstić information content (AvgIpc) is 3.01. The predicted molar refractivity (Wildman–Crippen MR) is 122 cm³/mol. The maximum Gasteiger partial charge on any atom is 0.259 e. The summed E-state index contributed by atoms with van der Waals surface area (Å²) in [7, 11) is 0. The van der Waals surface area contributed by atoms with Crippen molar-refractivity contribution in [1.82, 2.24) is 24.8 Å². The number of amides is 1. The van der Waals surface area contributed by atoms with Gasteiger partial charge in [0.15, 0.2) is 0 Å². The van der Waals surface area contributed by atoms with Gasteiger partial charge in [-0.1, -0.05) is 6.42 Å². The van der Waals surface area contributed by atoms with Crippen LogP contribution in [0.15, 0.2) is 24.5 Å². The van der Waals surface area contributed by atoms with Crippen molar-refractivity contribution in [2.75, 3.05) is 50.8 Å². The number of rotatable bonds is 5. The van der Waals surface area contributed by atoms with E-state index >= 15 is 0 Å². The zero-order valence-electron chi connectivity index (χ0n) is 18.9. The molecule has 8 heteroatoms. The first-order valence-corrected chi connectivity index (χ1v) is 11.9. The number of piperazine rings is 1. The predicted octanol–water partition coefficient (Wildman–Crippen LogP) is 2.19. The molecule has 1 saturated carbocycles. The largest absolute Gasteiger partial charge is 0.477 e. The number of nitrogens with zero attached hydrogens (tertiary/aromatic N) is 6. The highest BCUT2D eigenvalue weighted by molar-refractivity contribution is 5.96. The van der Waals surface area contributed by atoms with Crippen molar-refractivity contribution in [1.29, 1.82) is 0 Å². The van der Waals surface area contributed by atoms with Crippen LogP contribution in [0.1, 0.15) is 47.8 Å². The zero-order valence-corrected chi connectivity index (χ0v) is 18.9. The van der Waals surface area contributed by atoms with Crippen LogP contribution in [0.3, 0.4) is 0 Å². The Morgan fingerprint density at radius 2 is 1.91 bits per heavy atom. The Balaban J connectivity index is 1.24. The summed E-state index contributed by atoms with van der Waals surface area (Å²) in [5.74, 6) is 1.21. The molecule has 0 spiro atoms. The second-order valence-corrected chi connectivity index (χ2v) is 8.83. The van der Waals surface area contributed by atoms with Crippen LogP contribution in [-0.4, -0.2) is 82.6 Å². The van der Waals surface area contributed by atoms with Crippen molar-refractivity contribution in [3.63, 3.8) is 0 Å². The first-order chi connectivity index (χ1) is 15.7. The fraction of sp³-hybridized carbons (Fsp3) is 0.583. The summed E-state index contributed by atoms with van der Waals surface area (Å²) in [5.41, 5.74) is 2.74. The van der Waals surface area contributed by atoms with Gasteiger partial charge in [0.1, 0.15) is 5.56 Å². The number of aromatic nitrogens is 3. The van der Waals surface area contributed by atoms with Gasteiger partial charge in [-0.2, -0.15) is 0 Å². The number of anilines is 1. The number of pyridine rings is 1. The Morgan fingerprint density at radius 3 is 2.66 bits per heavy atom.